The number of aliphatic carboxylic acids is 1. The Kier molecular flexibility index (Phi) is 10.9. The van der Waals surface area contributed by atoms with E-state index in [0.717, 1.165) is 44.2 Å². The van der Waals surface area contributed by atoms with Crippen molar-refractivity contribution in [2.75, 3.05) is 20.2 Å². The second kappa shape index (κ2) is 14.6. The summed E-state index contributed by atoms with van der Waals surface area (Å²) < 4.78 is 20.7. The Labute approximate surface area is 243 Å². The number of benzene rings is 1. The lowest BCUT2D eigenvalue weighted by Gasteiger charge is -2.45. The number of primary amides is 1. The van der Waals surface area contributed by atoms with Crippen LogP contribution in [-0.4, -0.2) is 54.2 Å². The lowest BCUT2D eigenvalue weighted by atomic mass is 9.82. The monoisotopic (exact) mass is 564 g/mol. The molecule has 3 aliphatic rings. The van der Waals surface area contributed by atoms with Gasteiger partial charge in [-0.05, 0) is 49.1 Å². The third-order valence-corrected chi connectivity index (χ3v) is 8.50. The Bertz CT molecular complexity index is 1210. The van der Waals surface area contributed by atoms with Crippen molar-refractivity contribution < 1.29 is 23.8 Å². The summed E-state index contributed by atoms with van der Waals surface area (Å²) in [7, 11) is 1.87. The molecule has 7 nitrogen and oxygen atoms in total. The van der Waals surface area contributed by atoms with Crippen molar-refractivity contribution in [3.63, 3.8) is 0 Å². The van der Waals surface area contributed by atoms with Crippen molar-refractivity contribution in [2.24, 2.45) is 11.7 Å². The zero-order valence-corrected chi connectivity index (χ0v) is 24.2. The summed E-state index contributed by atoms with van der Waals surface area (Å²) in [6.07, 6.45) is 18.7. The summed E-state index contributed by atoms with van der Waals surface area (Å²) in [5, 5.41) is 15.3. The molecule has 3 N–H and O–H groups in total. The lowest BCUT2D eigenvalue weighted by molar-refractivity contribution is -0.132. The SMILES string of the molecule is CCCCOC1C=C(N(C[C@H]([N-]C)C2CCCCC2)C2=CC=CCC2)C(C(=O)O)=CC1c1ccc(F)c(C(N)=O)c1. The van der Waals surface area contributed by atoms with Crippen LogP contribution in [0.1, 0.15) is 86.6 Å². The van der Waals surface area contributed by atoms with Crippen LogP contribution >= 0.6 is 0 Å². The molecule has 1 amide bonds. The molecular formula is C33H43FN3O4-. The first-order valence-corrected chi connectivity index (χ1v) is 14.9. The van der Waals surface area contributed by atoms with Crippen LogP contribution in [0.2, 0.25) is 0 Å². The van der Waals surface area contributed by atoms with Gasteiger partial charge in [0.1, 0.15) is 5.82 Å². The number of hydrogen-bond acceptors (Lipinski definition) is 4. The van der Waals surface area contributed by atoms with E-state index in [1.807, 2.05) is 19.2 Å². The van der Waals surface area contributed by atoms with Gasteiger partial charge >= 0.3 is 5.97 Å². The molecule has 1 saturated carbocycles. The summed E-state index contributed by atoms with van der Waals surface area (Å²) in [4.78, 5) is 26.9. The zero-order valence-electron chi connectivity index (χ0n) is 24.2. The van der Waals surface area contributed by atoms with Crippen LogP contribution in [0.15, 0.2) is 65.5 Å². The van der Waals surface area contributed by atoms with E-state index in [1.165, 1.54) is 31.4 Å². The van der Waals surface area contributed by atoms with E-state index < -0.39 is 29.7 Å². The summed E-state index contributed by atoms with van der Waals surface area (Å²) in [6, 6.07) is 4.26. The van der Waals surface area contributed by atoms with Crippen molar-refractivity contribution >= 4 is 11.9 Å². The molecule has 0 radical (unpaired) electrons. The third kappa shape index (κ3) is 7.54. The minimum atomic E-state index is -1.05. The molecule has 1 aromatic carbocycles. The van der Waals surface area contributed by atoms with Crippen LogP contribution in [0, 0.1) is 11.7 Å². The number of amides is 1. The standard InChI is InChI=1S/C33H43FN3O4/c1-3-4-17-41-31-20-30(27(33(39)40)19-25(31)23-15-16-28(34)26(18-23)32(35)38)37(24-13-9-6-10-14-24)21-29(36-2)22-11-7-5-8-12-22/h6,9,13,15-16,18-20,22,25,29,31H,3-5,7-8,10-12,14,17,21H2,1-2H3,(H2,35,38)(H,39,40)/q-1/t25?,29-,31?/m0/s1. The quantitative estimate of drug-likeness (QED) is 0.263. The number of carbonyl (C=O) groups is 2. The molecule has 3 atom stereocenters. The van der Waals surface area contributed by atoms with E-state index in [2.05, 4.69) is 24.0 Å². The summed E-state index contributed by atoms with van der Waals surface area (Å²) in [5.41, 5.74) is 7.58. The van der Waals surface area contributed by atoms with E-state index in [1.54, 1.807) is 12.1 Å². The molecule has 0 heterocycles. The van der Waals surface area contributed by atoms with Gasteiger partial charge in [0.25, 0.3) is 5.91 Å². The smallest absolute Gasteiger partial charge is 0.337 e. The molecule has 0 bridgehead atoms. The van der Waals surface area contributed by atoms with Gasteiger partial charge in [-0.3, -0.25) is 4.79 Å². The van der Waals surface area contributed by atoms with Gasteiger partial charge in [0, 0.05) is 24.8 Å². The minimum absolute atomic E-state index is 0.0745. The van der Waals surface area contributed by atoms with Crippen LogP contribution in [-0.2, 0) is 9.53 Å². The number of hydrogen-bond donors (Lipinski definition) is 2. The fourth-order valence-corrected chi connectivity index (χ4v) is 6.20. The number of carboxylic acid groups (broad SMARTS) is 1. The fraction of sp³-hybridized carbons (Fsp3) is 0.515. The first kappa shape index (κ1) is 30.7. The zero-order chi connectivity index (χ0) is 29.4. The molecule has 41 heavy (non-hydrogen) atoms. The molecular weight excluding hydrogens is 521 g/mol. The molecule has 4 rings (SSSR count). The first-order valence-electron chi connectivity index (χ1n) is 14.9. The molecule has 8 heteroatoms. The maximum atomic E-state index is 14.3. The van der Waals surface area contributed by atoms with E-state index in [-0.39, 0.29) is 17.2 Å². The normalized spacial score (nSPS) is 22.0. The van der Waals surface area contributed by atoms with Gasteiger partial charge in [-0.1, -0.05) is 75.7 Å². The highest BCUT2D eigenvalue weighted by molar-refractivity contribution is 5.94. The van der Waals surface area contributed by atoms with Gasteiger partial charge in [-0.25, -0.2) is 9.18 Å². The summed E-state index contributed by atoms with van der Waals surface area (Å²) in [6.45, 7) is 3.16. The van der Waals surface area contributed by atoms with Crippen molar-refractivity contribution in [2.45, 2.75) is 82.8 Å². The second-order valence-corrected chi connectivity index (χ2v) is 11.2. The summed E-state index contributed by atoms with van der Waals surface area (Å²) >= 11 is 0. The van der Waals surface area contributed by atoms with Gasteiger partial charge < -0.3 is 25.8 Å². The molecule has 0 aromatic heterocycles. The van der Waals surface area contributed by atoms with Crippen LogP contribution in [0.5, 0.6) is 0 Å². The van der Waals surface area contributed by atoms with Crippen molar-refractivity contribution in [1.82, 2.24) is 4.90 Å². The highest BCUT2D eigenvalue weighted by Crippen LogP contribution is 2.39. The molecule has 222 valence electrons. The molecule has 2 unspecified atom stereocenters. The van der Waals surface area contributed by atoms with Gasteiger partial charge in [0.2, 0.25) is 0 Å². The maximum absolute atomic E-state index is 14.3. The predicted octanol–water partition coefficient (Wildman–Crippen LogP) is 6.59. The van der Waals surface area contributed by atoms with E-state index in [4.69, 9.17) is 15.8 Å². The second-order valence-electron chi connectivity index (χ2n) is 11.2. The predicted molar refractivity (Wildman–Crippen MR) is 159 cm³/mol. The molecule has 3 aliphatic carbocycles. The van der Waals surface area contributed by atoms with E-state index in [9.17, 15) is 19.1 Å². The van der Waals surface area contributed by atoms with Crippen molar-refractivity contribution in [3.05, 3.63) is 87.8 Å². The Morgan fingerprint density at radius 2 is 2.00 bits per heavy atom. The van der Waals surface area contributed by atoms with Crippen LogP contribution in [0.3, 0.4) is 0 Å². The van der Waals surface area contributed by atoms with Crippen molar-refractivity contribution in [1.29, 1.82) is 0 Å². The number of nitrogens with two attached hydrogens (primary N) is 1. The largest absolute Gasteiger partial charge is 0.661 e. The highest BCUT2D eigenvalue weighted by Gasteiger charge is 2.34. The van der Waals surface area contributed by atoms with Gasteiger partial charge in [-0.2, -0.15) is 7.05 Å². The van der Waals surface area contributed by atoms with Crippen LogP contribution in [0.4, 0.5) is 4.39 Å². The Balaban J connectivity index is 1.78. The van der Waals surface area contributed by atoms with Gasteiger partial charge in [0.15, 0.2) is 0 Å². The average Bonchev–Trinajstić information content (AvgIpc) is 2.98. The highest BCUT2D eigenvalue weighted by atomic mass is 19.1. The number of carbonyl (C=O) groups excluding carboxylic acids is 1. The number of likely N-dealkylation sites (N-methyl/N-ethyl adjacent to an activating group) is 1. The van der Waals surface area contributed by atoms with Crippen LogP contribution in [0.25, 0.3) is 5.32 Å². The average molecular weight is 565 g/mol. The number of unbranched alkanes of at least 4 members (excludes halogenated alkanes) is 1. The molecule has 1 fully saturated rings. The maximum Gasteiger partial charge on any atom is 0.337 e. The molecule has 0 spiro atoms. The van der Waals surface area contributed by atoms with E-state index in [0.29, 0.717) is 30.3 Å². The van der Waals surface area contributed by atoms with Gasteiger partial charge in [-0.15, -0.1) is 6.04 Å². The number of ether oxygens (including phenoxy) is 1. The van der Waals surface area contributed by atoms with Crippen molar-refractivity contribution in [3.8, 4) is 0 Å². The number of carboxylic acids is 1. The first-order chi connectivity index (χ1) is 19.8. The Morgan fingerprint density at radius 1 is 1.22 bits per heavy atom. The Hall–Kier alpha value is -3.23. The number of allylic oxidation sites excluding steroid dienone is 4. The van der Waals surface area contributed by atoms with Crippen LogP contribution < -0.4 is 5.73 Å². The summed E-state index contributed by atoms with van der Waals surface area (Å²) in [5.74, 6) is -2.70. The number of nitrogens with zero attached hydrogens (tertiary/aromatic N) is 2. The Morgan fingerprint density at radius 3 is 2.63 bits per heavy atom. The topological polar surface area (TPSA) is 107 Å². The molecule has 1 aromatic rings. The number of rotatable bonds is 13. The lowest BCUT2D eigenvalue weighted by Crippen LogP contribution is -2.39. The fourth-order valence-electron chi connectivity index (χ4n) is 6.20. The molecule has 0 aliphatic heterocycles. The third-order valence-electron chi connectivity index (χ3n) is 8.50. The minimum Gasteiger partial charge on any atom is -0.661 e. The van der Waals surface area contributed by atoms with Gasteiger partial charge in [0.05, 0.1) is 22.9 Å². The van der Waals surface area contributed by atoms with E-state index >= 15 is 0 Å². The molecule has 0 saturated heterocycles. The number of halogens is 1.